The molecule has 1 rings (SSSR count). The number of hydrogen-bond acceptors (Lipinski definition) is 2. The van der Waals surface area contributed by atoms with E-state index in [2.05, 4.69) is 10.9 Å². The molecule has 0 aliphatic rings. The van der Waals surface area contributed by atoms with Crippen LogP contribution in [-0.4, -0.2) is 12.1 Å². The van der Waals surface area contributed by atoms with Crippen LogP contribution in [-0.2, 0) is 0 Å². The van der Waals surface area contributed by atoms with Crippen LogP contribution in [0.25, 0.3) is 0 Å². The summed E-state index contributed by atoms with van der Waals surface area (Å²) in [6, 6.07) is 3.74. The van der Waals surface area contributed by atoms with Gasteiger partial charge in [0, 0.05) is 18.2 Å². The molecule has 2 heteroatoms. The highest BCUT2D eigenvalue weighted by atomic mass is 16.5. The molecular weight excluding hydrogens is 150 g/mol. The average molecular weight is 161 g/mol. The Morgan fingerprint density at radius 3 is 2.75 bits per heavy atom. The van der Waals surface area contributed by atoms with Crippen molar-refractivity contribution in [3.63, 3.8) is 0 Å². The second-order valence-corrected chi connectivity index (χ2v) is 2.52. The number of pyridine rings is 1. The standard InChI is InChI=1S/C10H11NO/c1-4-8(2)9-5-6-10(12-3)11-7-9/h1,5-8H,2-3H3. The van der Waals surface area contributed by atoms with Crippen molar-refractivity contribution in [1.82, 2.24) is 4.98 Å². The highest BCUT2D eigenvalue weighted by Crippen LogP contribution is 2.14. The van der Waals surface area contributed by atoms with Gasteiger partial charge in [-0.2, -0.15) is 0 Å². The second-order valence-electron chi connectivity index (χ2n) is 2.52. The summed E-state index contributed by atoms with van der Waals surface area (Å²) in [7, 11) is 1.59. The molecule has 0 N–H and O–H groups in total. The molecule has 1 unspecified atom stereocenters. The van der Waals surface area contributed by atoms with Gasteiger partial charge in [0.15, 0.2) is 0 Å². The average Bonchev–Trinajstić information content (AvgIpc) is 2.17. The van der Waals surface area contributed by atoms with Crippen molar-refractivity contribution < 1.29 is 4.74 Å². The van der Waals surface area contributed by atoms with Gasteiger partial charge in [0.25, 0.3) is 0 Å². The number of methoxy groups -OCH3 is 1. The number of ether oxygens (including phenoxy) is 1. The maximum absolute atomic E-state index is 5.27. The van der Waals surface area contributed by atoms with Crippen LogP contribution in [0.4, 0.5) is 0 Å². The van der Waals surface area contributed by atoms with E-state index >= 15 is 0 Å². The molecule has 62 valence electrons. The Kier molecular flexibility index (Phi) is 2.71. The van der Waals surface area contributed by atoms with Crippen LogP contribution in [0, 0.1) is 12.3 Å². The summed E-state index contributed by atoms with van der Waals surface area (Å²) in [5.41, 5.74) is 1.04. The third kappa shape index (κ3) is 1.76. The number of aromatic nitrogens is 1. The SMILES string of the molecule is C#CC(C)c1ccc(OC)nc1. The number of terminal acetylenes is 1. The van der Waals surface area contributed by atoms with E-state index < -0.39 is 0 Å². The lowest BCUT2D eigenvalue weighted by molar-refractivity contribution is 0.397. The number of rotatable bonds is 2. The largest absolute Gasteiger partial charge is 0.481 e. The molecule has 0 fully saturated rings. The van der Waals surface area contributed by atoms with Gasteiger partial charge in [-0.15, -0.1) is 6.42 Å². The quantitative estimate of drug-likeness (QED) is 0.617. The first-order valence-corrected chi connectivity index (χ1v) is 3.74. The number of hydrogen-bond donors (Lipinski definition) is 0. The summed E-state index contributed by atoms with van der Waals surface area (Å²) in [6.45, 7) is 1.96. The minimum absolute atomic E-state index is 0.114. The van der Waals surface area contributed by atoms with Crippen LogP contribution >= 0.6 is 0 Å². The summed E-state index contributed by atoms with van der Waals surface area (Å²) in [5.74, 6) is 3.37. The molecule has 0 radical (unpaired) electrons. The van der Waals surface area contributed by atoms with Gasteiger partial charge in [0.05, 0.1) is 7.11 Å². The smallest absolute Gasteiger partial charge is 0.212 e. The Labute approximate surface area is 72.6 Å². The third-order valence-electron chi connectivity index (χ3n) is 1.72. The highest BCUT2D eigenvalue weighted by molar-refractivity contribution is 5.25. The molecule has 0 aliphatic carbocycles. The Morgan fingerprint density at radius 2 is 2.33 bits per heavy atom. The van der Waals surface area contributed by atoms with Gasteiger partial charge in [0.1, 0.15) is 0 Å². The molecule has 1 atom stereocenters. The zero-order valence-corrected chi connectivity index (χ0v) is 7.24. The zero-order chi connectivity index (χ0) is 8.97. The first kappa shape index (κ1) is 8.61. The van der Waals surface area contributed by atoms with E-state index in [1.54, 1.807) is 13.3 Å². The molecular formula is C10H11NO. The Bertz CT molecular complexity index is 284. The molecule has 1 heterocycles. The van der Waals surface area contributed by atoms with E-state index in [9.17, 15) is 0 Å². The molecule has 12 heavy (non-hydrogen) atoms. The van der Waals surface area contributed by atoms with Gasteiger partial charge in [-0.05, 0) is 12.5 Å². The van der Waals surface area contributed by atoms with Crippen molar-refractivity contribution in [3.8, 4) is 18.2 Å². The van der Waals surface area contributed by atoms with E-state index in [4.69, 9.17) is 11.2 Å². The van der Waals surface area contributed by atoms with E-state index in [0.717, 1.165) is 5.56 Å². The van der Waals surface area contributed by atoms with Crippen LogP contribution in [0.2, 0.25) is 0 Å². The molecule has 2 nitrogen and oxygen atoms in total. The Balaban J connectivity index is 2.86. The molecule has 0 spiro atoms. The van der Waals surface area contributed by atoms with Gasteiger partial charge in [0.2, 0.25) is 5.88 Å². The molecule has 1 aromatic rings. The fourth-order valence-corrected chi connectivity index (χ4v) is 0.865. The third-order valence-corrected chi connectivity index (χ3v) is 1.72. The molecule has 0 amide bonds. The van der Waals surface area contributed by atoms with Gasteiger partial charge >= 0.3 is 0 Å². The maximum Gasteiger partial charge on any atom is 0.212 e. The molecule has 0 aromatic carbocycles. The van der Waals surface area contributed by atoms with Gasteiger partial charge < -0.3 is 4.74 Å². The monoisotopic (exact) mass is 161 g/mol. The molecule has 1 aromatic heterocycles. The van der Waals surface area contributed by atoms with Crippen LogP contribution in [0.3, 0.4) is 0 Å². The van der Waals surface area contributed by atoms with E-state index in [-0.39, 0.29) is 5.92 Å². The summed E-state index contributed by atoms with van der Waals surface area (Å²) in [4.78, 5) is 4.05. The Morgan fingerprint density at radius 1 is 1.58 bits per heavy atom. The molecule has 0 bridgehead atoms. The van der Waals surface area contributed by atoms with Crippen molar-refractivity contribution in [2.75, 3.05) is 7.11 Å². The molecule has 0 saturated heterocycles. The van der Waals surface area contributed by atoms with Crippen molar-refractivity contribution in [1.29, 1.82) is 0 Å². The van der Waals surface area contributed by atoms with Gasteiger partial charge in [-0.25, -0.2) is 4.98 Å². The van der Waals surface area contributed by atoms with Crippen molar-refractivity contribution >= 4 is 0 Å². The summed E-state index contributed by atoms with van der Waals surface area (Å²) in [5, 5.41) is 0. The van der Waals surface area contributed by atoms with Gasteiger partial charge in [-0.1, -0.05) is 12.0 Å². The predicted molar refractivity (Wildman–Crippen MR) is 48.0 cm³/mol. The summed E-state index contributed by atoms with van der Waals surface area (Å²) < 4.78 is 4.92. The van der Waals surface area contributed by atoms with E-state index in [0.29, 0.717) is 5.88 Å². The fourth-order valence-electron chi connectivity index (χ4n) is 0.865. The lowest BCUT2D eigenvalue weighted by Crippen LogP contribution is -1.92. The van der Waals surface area contributed by atoms with Crippen LogP contribution in [0.15, 0.2) is 18.3 Å². The molecule has 0 aliphatic heterocycles. The second kappa shape index (κ2) is 3.77. The first-order chi connectivity index (χ1) is 5.77. The van der Waals surface area contributed by atoms with Crippen LogP contribution in [0.5, 0.6) is 5.88 Å². The normalized spacial score (nSPS) is 11.8. The van der Waals surface area contributed by atoms with Gasteiger partial charge in [-0.3, -0.25) is 0 Å². The summed E-state index contributed by atoms with van der Waals surface area (Å²) >= 11 is 0. The van der Waals surface area contributed by atoms with Crippen molar-refractivity contribution in [2.45, 2.75) is 12.8 Å². The van der Waals surface area contributed by atoms with E-state index in [1.807, 2.05) is 19.1 Å². The first-order valence-electron chi connectivity index (χ1n) is 3.74. The van der Waals surface area contributed by atoms with Crippen LogP contribution < -0.4 is 4.74 Å². The minimum Gasteiger partial charge on any atom is -0.481 e. The van der Waals surface area contributed by atoms with Crippen LogP contribution in [0.1, 0.15) is 18.4 Å². The van der Waals surface area contributed by atoms with E-state index in [1.165, 1.54) is 0 Å². The summed E-state index contributed by atoms with van der Waals surface area (Å²) in [6.07, 6.45) is 7.01. The molecule has 0 saturated carbocycles. The lowest BCUT2D eigenvalue weighted by atomic mass is 10.1. The minimum atomic E-state index is 0.114. The lowest BCUT2D eigenvalue weighted by Gasteiger charge is -2.03. The maximum atomic E-state index is 5.27. The predicted octanol–water partition coefficient (Wildman–Crippen LogP) is 1.83. The Hall–Kier alpha value is -1.49. The van der Waals surface area contributed by atoms with Crippen molar-refractivity contribution in [3.05, 3.63) is 23.9 Å². The number of nitrogens with zero attached hydrogens (tertiary/aromatic N) is 1. The fraction of sp³-hybridized carbons (Fsp3) is 0.300. The van der Waals surface area contributed by atoms with Crippen molar-refractivity contribution in [2.24, 2.45) is 0 Å². The topological polar surface area (TPSA) is 22.1 Å². The highest BCUT2D eigenvalue weighted by Gasteiger charge is 2.01. The zero-order valence-electron chi connectivity index (χ0n) is 7.24.